The number of carbonyl (C=O) groups is 2. The lowest BCUT2D eigenvalue weighted by Gasteiger charge is -2.37. The second kappa shape index (κ2) is 12.1. The van der Waals surface area contributed by atoms with Crippen molar-refractivity contribution < 1.29 is 27.5 Å². The summed E-state index contributed by atoms with van der Waals surface area (Å²) < 4.78 is 37.5. The second-order valence-electron chi connectivity index (χ2n) is 11.5. The van der Waals surface area contributed by atoms with E-state index >= 15 is 0 Å². The first-order valence-corrected chi connectivity index (χ1v) is 15.1. The van der Waals surface area contributed by atoms with E-state index in [2.05, 4.69) is 11.4 Å². The number of rotatable bonds is 9. The van der Waals surface area contributed by atoms with Crippen molar-refractivity contribution in [3.63, 3.8) is 0 Å². The lowest BCUT2D eigenvalue weighted by Crippen LogP contribution is -2.58. The minimum Gasteiger partial charge on any atom is -0.444 e. The zero-order chi connectivity index (χ0) is 29.0. The number of nitrogens with one attached hydrogen (secondary N) is 1. The molecule has 1 atom stereocenters. The first-order chi connectivity index (χ1) is 18.9. The third-order valence-corrected chi connectivity index (χ3v) is 9.22. The molecule has 0 bridgehead atoms. The Morgan fingerprint density at radius 3 is 2.12 bits per heavy atom. The number of hydrogen-bond donors (Lipinski definition) is 1. The quantitative estimate of drug-likeness (QED) is 0.474. The Morgan fingerprint density at radius 2 is 1.62 bits per heavy atom. The van der Waals surface area contributed by atoms with Crippen LogP contribution in [0.15, 0.2) is 53.4 Å². The molecule has 0 radical (unpaired) electrons. The van der Waals surface area contributed by atoms with Gasteiger partial charge in [-0.3, -0.25) is 4.79 Å². The molecular weight excluding hydrogens is 530 g/mol. The molecule has 2 aromatic rings. The summed E-state index contributed by atoms with van der Waals surface area (Å²) in [6.07, 6.45) is 1.28. The van der Waals surface area contributed by atoms with Gasteiger partial charge in [-0.2, -0.15) is 9.57 Å². The Morgan fingerprint density at radius 1 is 1.05 bits per heavy atom. The molecule has 214 valence electrons. The van der Waals surface area contributed by atoms with Crippen LogP contribution in [-0.2, 0) is 30.7 Å². The number of nitrogens with zero attached hydrogens (tertiary/aromatic N) is 2. The molecule has 2 aromatic carbocycles. The van der Waals surface area contributed by atoms with Gasteiger partial charge in [0.15, 0.2) is 5.78 Å². The van der Waals surface area contributed by atoms with Crippen molar-refractivity contribution in [1.82, 2.24) is 9.62 Å². The number of carbonyl (C=O) groups excluding carboxylic acids is 2. The summed E-state index contributed by atoms with van der Waals surface area (Å²) in [5.41, 5.74) is 0.893. The van der Waals surface area contributed by atoms with E-state index in [1.54, 1.807) is 45.0 Å². The fraction of sp³-hybridized carbons (Fsp3) is 0.500. The van der Waals surface area contributed by atoms with Crippen LogP contribution >= 0.6 is 0 Å². The van der Waals surface area contributed by atoms with E-state index in [4.69, 9.17) is 9.47 Å². The number of ketones is 1. The molecule has 10 heteroatoms. The molecule has 4 rings (SSSR count). The number of amides is 1. The number of Topliss-reactive ketones (excluding diaryl/α,β-unsaturated/α-hetero) is 1. The number of nitriles is 1. The van der Waals surface area contributed by atoms with Crippen LogP contribution in [0, 0.1) is 17.2 Å². The van der Waals surface area contributed by atoms with Gasteiger partial charge in [0.2, 0.25) is 10.0 Å². The van der Waals surface area contributed by atoms with Crippen molar-refractivity contribution in [2.75, 3.05) is 26.3 Å². The van der Waals surface area contributed by atoms with Crippen LogP contribution < -0.4 is 5.32 Å². The minimum atomic E-state index is -3.42. The Kier molecular flexibility index (Phi) is 8.98. The summed E-state index contributed by atoms with van der Waals surface area (Å²) in [5, 5.41) is 12.6. The highest BCUT2D eigenvalue weighted by Gasteiger charge is 2.42. The Hall–Kier alpha value is -3.26. The van der Waals surface area contributed by atoms with Crippen LogP contribution in [0.3, 0.4) is 0 Å². The van der Waals surface area contributed by atoms with Crippen LogP contribution in [0.4, 0.5) is 4.79 Å². The van der Waals surface area contributed by atoms with Gasteiger partial charge in [-0.1, -0.05) is 36.4 Å². The van der Waals surface area contributed by atoms with E-state index in [1.807, 2.05) is 24.3 Å². The summed E-state index contributed by atoms with van der Waals surface area (Å²) >= 11 is 0. The molecule has 0 aromatic heterocycles. The minimum absolute atomic E-state index is 0.000995. The highest BCUT2D eigenvalue weighted by molar-refractivity contribution is 7.89. The summed E-state index contributed by atoms with van der Waals surface area (Å²) in [4.78, 5) is 26.3. The van der Waals surface area contributed by atoms with E-state index < -0.39 is 33.2 Å². The van der Waals surface area contributed by atoms with Crippen molar-refractivity contribution in [3.05, 3.63) is 54.1 Å². The first kappa shape index (κ1) is 29.7. The normalized spacial score (nSPS) is 18.1. The first-order valence-electron chi connectivity index (χ1n) is 13.6. The molecule has 40 heavy (non-hydrogen) atoms. The summed E-state index contributed by atoms with van der Waals surface area (Å²) in [7, 11) is -3.42. The standard InChI is InChI=1S/C30H37N3O6S/c1-29(2,3)39-28(35)32-30(13-17-38-18-14-30)27(34)20-23(21-31)19-22-5-7-24(8-6-22)25-9-11-26(12-10-25)40(36,37)33-15-4-16-33/h5-12,23H,4,13-20H2,1-3H3,(H,32,35)/t23-/m1/s1. The molecule has 2 aliphatic rings. The number of sulfonamides is 1. The zero-order valence-electron chi connectivity index (χ0n) is 23.3. The molecule has 1 amide bonds. The topological polar surface area (TPSA) is 126 Å². The van der Waals surface area contributed by atoms with Gasteiger partial charge in [0.1, 0.15) is 11.1 Å². The number of ether oxygens (including phenoxy) is 2. The van der Waals surface area contributed by atoms with Gasteiger partial charge in [-0.25, -0.2) is 13.2 Å². The summed E-state index contributed by atoms with van der Waals surface area (Å²) in [6.45, 7) is 7.09. The molecule has 2 aliphatic heterocycles. The largest absolute Gasteiger partial charge is 0.444 e. The van der Waals surface area contributed by atoms with Crippen LogP contribution in [0.1, 0.15) is 52.0 Å². The highest BCUT2D eigenvalue weighted by Crippen LogP contribution is 2.28. The van der Waals surface area contributed by atoms with Gasteiger partial charge in [0, 0.05) is 45.6 Å². The predicted octanol–water partition coefficient (Wildman–Crippen LogP) is 4.46. The van der Waals surface area contributed by atoms with Crippen molar-refractivity contribution >= 4 is 21.9 Å². The second-order valence-corrected chi connectivity index (χ2v) is 13.4. The molecule has 9 nitrogen and oxygen atoms in total. The monoisotopic (exact) mass is 567 g/mol. The fourth-order valence-corrected chi connectivity index (χ4v) is 6.41. The lowest BCUT2D eigenvalue weighted by molar-refractivity contribution is -0.130. The predicted molar refractivity (Wildman–Crippen MR) is 150 cm³/mol. The van der Waals surface area contributed by atoms with Crippen LogP contribution in [-0.4, -0.2) is 62.0 Å². The SMILES string of the molecule is CC(C)(C)OC(=O)NC1(C(=O)C[C@H](C#N)Cc2ccc(-c3ccc(S(=O)(=O)N4CCC4)cc3)cc2)CCOCC1. The van der Waals surface area contributed by atoms with E-state index in [-0.39, 0.29) is 17.1 Å². The molecular formula is C30H37N3O6S. The fourth-order valence-electron chi connectivity index (χ4n) is 4.89. The van der Waals surface area contributed by atoms with Gasteiger partial charge < -0.3 is 14.8 Å². The molecule has 1 N–H and O–H groups in total. The zero-order valence-corrected chi connectivity index (χ0v) is 24.1. The van der Waals surface area contributed by atoms with Crippen molar-refractivity contribution in [1.29, 1.82) is 5.26 Å². The molecule has 2 heterocycles. The van der Waals surface area contributed by atoms with Crippen molar-refractivity contribution in [2.45, 2.75) is 68.9 Å². The lowest BCUT2D eigenvalue weighted by atomic mass is 9.80. The number of hydrogen-bond acceptors (Lipinski definition) is 7. The average molecular weight is 568 g/mol. The van der Waals surface area contributed by atoms with Crippen LogP contribution in [0.5, 0.6) is 0 Å². The maximum atomic E-state index is 13.5. The molecule has 0 unspecified atom stereocenters. The van der Waals surface area contributed by atoms with Crippen LogP contribution in [0.2, 0.25) is 0 Å². The van der Waals surface area contributed by atoms with Crippen molar-refractivity contribution in [2.24, 2.45) is 5.92 Å². The molecule has 0 spiro atoms. The van der Waals surface area contributed by atoms with Crippen LogP contribution in [0.25, 0.3) is 11.1 Å². The summed E-state index contributed by atoms with van der Waals surface area (Å²) in [5.74, 6) is -0.761. The average Bonchev–Trinajstić information content (AvgIpc) is 2.87. The van der Waals surface area contributed by atoms with Gasteiger partial charge in [0.05, 0.1) is 16.9 Å². The third-order valence-electron chi connectivity index (χ3n) is 7.31. The van der Waals surface area contributed by atoms with Gasteiger partial charge >= 0.3 is 6.09 Å². The van der Waals surface area contributed by atoms with Gasteiger partial charge in [0.25, 0.3) is 0 Å². The van der Waals surface area contributed by atoms with E-state index in [0.717, 1.165) is 23.1 Å². The van der Waals surface area contributed by atoms with E-state index in [9.17, 15) is 23.3 Å². The third kappa shape index (κ3) is 7.08. The molecule has 2 fully saturated rings. The molecule has 2 saturated heterocycles. The number of alkyl carbamates (subject to hydrolysis) is 1. The Balaban J connectivity index is 1.40. The van der Waals surface area contributed by atoms with E-state index in [0.29, 0.717) is 45.6 Å². The van der Waals surface area contributed by atoms with Gasteiger partial charge in [-0.15, -0.1) is 0 Å². The molecule has 0 saturated carbocycles. The van der Waals surface area contributed by atoms with E-state index in [1.165, 1.54) is 4.31 Å². The Labute approximate surface area is 236 Å². The van der Waals surface area contributed by atoms with Gasteiger partial charge in [-0.05, 0) is 62.4 Å². The number of benzene rings is 2. The smallest absolute Gasteiger partial charge is 0.408 e. The Bertz CT molecular complexity index is 1350. The maximum absolute atomic E-state index is 13.5. The summed E-state index contributed by atoms with van der Waals surface area (Å²) in [6, 6.07) is 16.8. The highest BCUT2D eigenvalue weighted by atomic mass is 32.2. The maximum Gasteiger partial charge on any atom is 0.408 e. The molecule has 0 aliphatic carbocycles. The van der Waals surface area contributed by atoms with Crippen molar-refractivity contribution in [3.8, 4) is 17.2 Å².